The summed E-state index contributed by atoms with van der Waals surface area (Å²) < 4.78 is 7.25. The maximum Gasteiger partial charge on any atom is 0.413 e. The van der Waals surface area contributed by atoms with Crippen LogP contribution in [0.2, 0.25) is 0 Å². The highest BCUT2D eigenvalue weighted by atomic mass is 16.5. The number of hydrogen-bond donors (Lipinski definition) is 2. The van der Waals surface area contributed by atoms with Gasteiger partial charge in [0.1, 0.15) is 6.61 Å². The van der Waals surface area contributed by atoms with Gasteiger partial charge in [0.25, 0.3) is 0 Å². The van der Waals surface area contributed by atoms with Crippen molar-refractivity contribution in [2.75, 3.05) is 5.32 Å². The number of nitrogens with zero attached hydrogens (tertiary/aromatic N) is 3. The van der Waals surface area contributed by atoms with E-state index in [4.69, 9.17) is 4.74 Å². The maximum absolute atomic E-state index is 12.1. The maximum atomic E-state index is 12.1. The van der Waals surface area contributed by atoms with Crippen LogP contribution < -0.4 is 5.32 Å². The molecule has 0 saturated heterocycles. The minimum absolute atomic E-state index is 0.159. The third-order valence-electron chi connectivity index (χ3n) is 4.64. The Hall–Kier alpha value is -3.61. The first-order valence-electron chi connectivity index (χ1n) is 8.96. The molecule has 2 aromatic carbocycles. The number of benzene rings is 2. The number of aromatic nitrogens is 4. The molecule has 2 N–H and O–H groups in total. The zero-order chi connectivity index (χ0) is 19.7. The van der Waals surface area contributed by atoms with Crippen molar-refractivity contribution in [1.82, 2.24) is 19.7 Å². The molecule has 0 radical (unpaired) electrons. The van der Waals surface area contributed by atoms with Gasteiger partial charge in [0, 0.05) is 18.7 Å². The largest absolute Gasteiger partial charge is 0.444 e. The highest BCUT2D eigenvalue weighted by Crippen LogP contribution is 2.24. The van der Waals surface area contributed by atoms with E-state index in [1.807, 2.05) is 48.9 Å². The van der Waals surface area contributed by atoms with Crippen LogP contribution >= 0.6 is 0 Å². The first-order valence-corrected chi connectivity index (χ1v) is 8.96. The number of rotatable bonds is 4. The van der Waals surface area contributed by atoms with Crippen molar-refractivity contribution in [3.05, 3.63) is 65.5 Å². The van der Waals surface area contributed by atoms with Gasteiger partial charge in [0.05, 0.1) is 23.1 Å². The number of nitrogens with one attached hydrogen (secondary N) is 2. The normalized spacial score (nSPS) is 11.0. The lowest BCUT2D eigenvalue weighted by Gasteiger charge is -2.05. The molecule has 2 aromatic heterocycles. The Morgan fingerprint density at radius 1 is 1.18 bits per heavy atom. The molecule has 7 nitrogen and oxygen atoms in total. The van der Waals surface area contributed by atoms with Crippen molar-refractivity contribution in [3.63, 3.8) is 0 Å². The Kier molecular flexibility index (Phi) is 4.57. The van der Waals surface area contributed by atoms with Crippen molar-refractivity contribution in [2.24, 2.45) is 7.05 Å². The molecule has 1 amide bonds. The zero-order valence-electron chi connectivity index (χ0n) is 16.0. The molecular weight excluding hydrogens is 354 g/mol. The van der Waals surface area contributed by atoms with Crippen molar-refractivity contribution >= 4 is 22.9 Å². The van der Waals surface area contributed by atoms with Gasteiger partial charge in [0.15, 0.2) is 5.82 Å². The monoisotopic (exact) mass is 375 g/mol. The highest BCUT2D eigenvalue weighted by Gasteiger charge is 2.10. The number of carbonyl (C=O) groups is 1. The lowest BCUT2D eigenvalue weighted by atomic mass is 10.0. The average Bonchev–Trinajstić information content (AvgIpc) is 3.27. The molecule has 0 unspecified atom stereocenters. The SMILES string of the molecule is Cc1ccc(-c2cc(NC(=O)OCc3ccc4c(c3)ncn4C)n[nH]2)c(C)c1. The number of carbonyl (C=O) groups excluding carboxylic acids is 1. The summed E-state index contributed by atoms with van der Waals surface area (Å²) in [7, 11) is 1.94. The van der Waals surface area contributed by atoms with E-state index >= 15 is 0 Å². The van der Waals surface area contributed by atoms with Crippen LogP contribution in [0.5, 0.6) is 0 Å². The van der Waals surface area contributed by atoms with Gasteiger partial charge in [-0.25, -0.2) is 9.78 Å². The van der Waals surface area contributed by atoms with Gasteiger partial charge in [0.2, 0.25) is 0 Å². The molecule has 0 saturated carbocycles. The molecule has 4 rings (SSSR count). The van der Waals surface area contributed by atoms with E-state index in [9.17, 15) is 4.79 Å². The Labute approximate surface area is 162 Å². The quantitative estimate of drug-likeness (QED) is 0.556. The van der Waals surface area contributed by atoms with Crippen LogP contribution in [0.4, 0.5) is 10.6 Å². The first-order chi connectivity index (χ1) is 13.5. The predicted molar refractivity (Wildman–Crippen MR) is 108 cm³/mol. The van der Waals surface area contributed by atoms with Crippen molar-refractivity contribution in [1.29, 1.82) is 0 Å². The molecule has 4 aromatic rings. The number of anilines is 1. The van der Waals surface area contributed by atoms with Crippen molar-refractivity contribution in [2.45, 2.75) is 20.5 Å². The Balaban J connectivity index is 1.39. The van der Waals surface area contributed by atoms with Gasteiger partial charge in [-0.1, -0.05) is 29.8 Å². The molecule has 0 bridgehead atoms. The third kappa shape index (κ3) is 3.59. The first kappa shape index (κ1) is 17.8. The smallest absolute Gasteiger partial charge is 0.413 e. The molecule has 2 heterocycles. The fraction of sp³-hybridized carbons (Fsp3) is 0.190. The van der Waals surface area contributed by atoms with Gasteiger partial charge in [-0.05, 0) is 37.1 Å². The van der Waals surface area contributed by atoms with Crippen LogP contribution in [0, 0.1) is 13.8 Å². The summed E-state index contributed by atoms with van der Waals surface area (Å²) >= 11 is 0. The molecule has 142 valence electrons. The number of hydrogen-bond acceptors (Lipinski definition) is 4. The molecule has 0 aliphatic rings. The second-order valence-corrected chi connectivity index (χ2v) is 6.86. The van der Waals surface area contributed by atoms with E-state index in [-0.39, 0.29) is 6.61 Å². The third-order valence-corrected chi connectivity index (χ3v) is 4.64. The van der Waals surface area contributed by atoms with E-state index in [0.717, 1.165) is 33.4 Å². The predicted octanol–water partition coefficient (Wildman–Crippen LogP) is 4.33. The summed E-state index contributed by atoms with van der Waals surface area (Å²) in [6, 6.07) is 13.8. The molecule has 0 fully saturated rings. The van der Waals surface area contributed by atoms with E-state index in [1.54, 1.807) is 12.4 Å². The number of aryl methyl sites for hydroxylation is 3. The number of amides is 1. The number of imidazole rings is 1. The molecule has 28 heavy (non-hydrogen) atoms. The summed E-state index contributed by atoms with van der Waals surface area (Å²) in [5.41, 5.74) is 7.00. The lowest BCUT2D eigenvalue weighted by Crippen LogP contribution is -2.13. The number of fused-ring (bicyclic) bond motifs is 1. The molecule has 0 spiro atoms. The summed E-state index contributed by atoms with van der Waals surface area (Å²) in [5, 5.41) is 9.75. The molecule has 0 aliphatic carbocycles. The van der Waals surface area contributed by atoms with Crippen molar-refractivity contribution < 1.29 is 9.53 Å². The van der Waals surface area contributed by atoms with E-state index in [0.29, 0.717) is 5.82 Å². The van der Waals surface area contributed by atoms with Crippen molar-refractivity contribution in [3.8, 4) is 11.3 Å². The van der Waals surface area contributed by atoms with Crippen LogP contribution in [-0.4, -0.2) is 25.8 Å². The Morgan fingerprint density at radius 3 is 2.86 bits per heavy atom. The van der Waals surface area contributed by atoms with Gasteiger partial charge < -0.3 is 9.30 Å². The number of H-pyrrole nitrogens is 1. The fourth-order valence-corrected chi connectivity index (χ4v) is 3.20. The average molecular weight is 375 g/mol. The summed E-state index contributed by atoms with van der Waals surface area (Å²) in [6.07, 6.45) is 1.20. The highest BCUT2D eigenvalue weighted by molar-refractivity contribution is 5.84. The number of aromatic amines is 1. The van der Waals surface area contributed by atoms with Gasteiger partial charge in [-0.15, -0.1) is 0 Å². The van der Waals surface area contributed by atoms with Crippen LogP contribution in [0.3, 0.4) is 0 Å². The summed E-state index contributed by atoms with van der Waals surface area (Å²) in [6.45, 7) is 4.26. The number of ether oxygens (including phenoxy) is 1. The minimum Gasteiger partial charge on any atom is -0.444 e. The van der Waals surface area contributed by atoms with Crippen LogP contribution in [0.1, 0.15) is 16.7 Å². The lowest BCUT2D eigenvalue weighted by molar-refractivity contribution is 0.155. The molecule has 7 heteroatoms. The molecule has 0 aliphatic heterocycles. The zero-order valence-corrected chi connectivity index (χ0v) is 16.0. The van der Waals surface area contributed by atoms with Gasteiger partial charge in [-0.3, -0.25) is 10.4 Å². The van der Waals surface area contributed by atoms with E-state index in [2.05, 4.69) is 33.5 Å². The van der Waals surface area contributed by atoms with Gasteiger partial charge >= 0.3 is 6.09 Å². The van der Waals surface area contributed by atoms with Crippen LogP contribution in [0.25, 0.3) is 22.3 Å². The second-order valence-electron chi connectivity index (χ2n) is 6.86. The Bertz CT molecular complexity index is 1160. The standard InChI is InChI=1S/C21H21N5O2/c1-13-4-6-16(14(2)8-13)17-10-20(25-24-17)23-21(27)28-11-15-5-7-19-18(9-15)22-12-26(19)3/h4-10,12H,11H2,1-3H3,(H2,23,24,25,27). The summed E-state index contributed by atoms with van der Waals surface area (Å²) in [5.74, 6) is 0.417. The second kappa shape index (κ2) is 7.19. The van der Waals surface area contributed by atoms with E-state index in [1.165, 1.54) is 5.56 Å². The van der Waals surface area contributed by atoms with E-state index < -0.39 is 6.09 Å². The summed E-state index contributed by atoms with van der Waals surface area (Å²) in [4.78, 5) is 16.4. The Morgan fingerprint density at radius 2 is 2.04 bits per heavy atom. The minimum atomic E-state index is -0.556. The van der Waals surface area contributed by atoms with Gasteiger partial charge in [-0.2, -0.15) is 5.10 Å². The molecule has 0 atom stereocenters. The fourth-order valence-electron chi connectivity index (χ4n) is 3.20. The topological polar surface area (TPSA) is 84.8 Å². The molecular formula is C21H21N5O2. The van der Waals surface area contributed by atoms with Crippen LogP contribution in [0.15, 0.2) is 48.8 Å². The van der Waals surface area contributed by atoms with Crippen LogP contribution in [-0.2, 0) is 18.4 Å².